The summed E-state index contributed by atoms with van der Waals surface area (Å²) < 4.78 is 7.53. The van der Waals surface area contributed by atoms with Crippen LogP contribution in [0.15, 0.2) is 30.5 Å². The number of hydrogen-bond acceptors (Lipinski definition) is 4. The van der Waals surface area contributed by atoms with Gasteiger partial charge in [-0.1, -0.05) is 18.2 Å². The van der Waals surface area contributed by atoms with E-state index in [1.54, 1.807) is 7.11 Å². The molecule has 3 heterocycles. The van der Waals surface area contributed by atoms with Gasteiger partial charge in [-0.15, -0.1) is 0 Å². The molecule has 0 unspecified atom stereocenters. The fourth-order valence-electron chi connectivity index (χ4n) is 5.38. The van der Waals surface area contributed by atoms with Gasteiger partial charge in [-0.3, -0.25) is 4.79 Å². The number of piperidine rings is 1. The number of aryl methyl sites for hydroxylation is 1. The molecule has 178 valence electrons. The lowest BCUT2D eigenvalue weighted by atomic mass is 9.93. The Balaban J connectivity index is 1.33. The first-order valence-corrected chi connectivity index (χ1v) is 12.3. The van der Waals surface area contributed by atoms with Crippen LogP contribution in [0.1, 0.15) is 31.2 Å². The van der Waals surface area contributed by atoms with Gasteiger partial charge in [0.05, 0.1) is 5.92 Å². The predicted molar refractivity (Wildman–Crippen MR) is 127 cm³/mol. The van der Waals surface area contributed by atoms with Crippen LogP contribution >= 0.6 is 0 Å². The molecule has 2 aliphatic heterocycles. The van der Waals surface area contributed by atoms with Crippen molar-refractivity contribution in [2.45, 2.75) is 50.9 Å². The third-order valence-corrected chi connectivity index (χ3v) is 7.24. The maximum absolute atomic E-state index is 13.7. The molecule has 0 bridgehead atoms. The molecule has 5 rings (SSSR count). The summed E-state index contributed by atoms with van der Waals surface area (Å²) in [5.74, 6) is 0.137. The maximum Gasteiger partial charge on any atom is 0.317 e. The molecule has 2 atom stereocenters. The highest BCUT2D eigenvalue weighted by Gasteiger charge is 2.40. The average Bonchev–Trinajstić information content (AvgIpc) is 3.50. The minimum atomic E-state index is -0.0900. The number of carbonyl (C=O) groups is 2. The van der Waals surface area contributed by atoms with Gasteiger partial charge >= 0.3 is 6.03 Å². The molecule has 2 aromatic rings. The summed E-state index contributed by atoms with van der Waals surface area (Å²) in [6.45, 7) is 5.14. The highest BCUT2D eigenvalue weighted by Crippen LogP contribution is 2.33. The van der Waals surface area contributed by atoms with Gasteiger partial charge < -0.3 is 29.7 Å². The molecule has 2 N–H and O–H groups in total. The molecule has 3 aliphatic rings. The first-order valence-electron chi connectivity index (χ1n) is 12.3. The smallest absolute Gasteiger partial charge is 0.317 e. The second kappa shape index (κ2) is 9.73. The van der Waals surface area contributed by atoms with Gasteiger partial charge in [0.15, 0.2) is 0 Å². The van der Waals surface area contributed by atoms with Gasteiger partial charge in [0, 0.05) is 82.2 Å². The van der Waals surface area contributed by atoms with Crippen LogP contribution in [0.2, 0.25) is 0 Å². The second-order valence-corrected chi connectivity index (χ2v) is 9.58. The Morgan fingerprint density at radius 1 is 1.24 bits per heavy atom. The van der Waals surface area contributed by atoms with Gasteiger partial charge in [0.25, 0.3) is 0 Å². The molecule has 1 aromatic heterocycles. The normalized spacial score (nSPS) is 23.2. The van der Waals surface area contributed by atoms with Gasteiger partial charge in [0.2, 0.25) is 5.91 Å². The number of nitrogens with one attached hydrogen (secondary N) is 2. The van der Waals surface area contributed by atoms with E-state index in [-0.39, 0.29) is 23.9 Å². The van der Waals surface area contributed by atoms with Crippen LogP contribution in [0, 0.1) is 5.92 Å². The summed E-state index contributed by atoms with van der Waals surface area (Å²) >= 11 is 0. The molecule has 8 nitrogen and oxygen atoms in total. The lowest BCUT2D eigenvalue weighted by molar-refractivity contribution is -0.137. The minimum Gasteiger partial charge on any atom is -0.385 e. The SMILES string of the molecule is COCCCn1cc(CN(C(=O)[C@H]2CNC[C@@H](N3CCNC3=O)C2)C2CC2)c2ccccc21. The summed E-state index contributed by atoms with van der Waals surface area (Å²) in [4.78, 5) is 29.9. The van der Waals surface area contributed by atoms with E-state index in [2.05, 4.69) is 50.6 Å². The molecule has 3 fully saturated rings. The van der Waals surface area contributed by atoms with E-state index in [4.69, 9.17) is 4.74 Å². The standard InChI is InChI=1S/C25H35N5O3/c1-33-12-4-10-28-16-19(22-5-2-3-6-23(22)28)17-30(20-7-8-20)24(31)18-13-21(15-26-14-18)29-11-9-27-25(29)32/h2-3,5-6,16,18,20-21,26H,4,7-15,17H2,1H3,(H,27,32)/t18-,21+/m1/s1. The van der Waals surface area contributed by atoms with Crippen molar-refractivity contribution < 1.29 is 14.3 Å². The zero-order valence-electron chi connectivity index (χ0n) is 19.5. The summed E-state index contributed by atoms with van der Waals surface area (Å²) in [6, 6.07) is 8.89. The Kier molecular flexibility index (Phi) is 6.55. The number of amides is 3. The van der Waals surface area contributed by atoms with Gasteiger partial charge in [-0.05, 0) is 37.3 Å². The minimum absolute atomic E-state index is 0.00442. The number of carbonyl (C=O) groups excluding carboxylic acids is 2. The zero-order chi connectivity index (χ0) is 22.8. The fraction of sp³-hybridized carbons (Fsp3) is 0.600. The molecule has 0 radical (unpaired) electrons. The largest absolute Gasteiger partial charge is 0.385 e. The number of ether oxygens (including phenoxy) is 1. The topological polar surface area (TPSA) is 78.8 Å². The van der Waals surface area contributed by atoms with Gasteiger partial charge in [-0.25, -0.2) is 4.79 Å². The van der Waals surface area contributed by atoms with Crippen LogP contribution in [-0.4, -0.2) is 78.3 Å². The van der Waals surface area contributed by atoms with Crippen LogP contribution in [0.4, 0.5) is 4.79 Å². The van der Waals surface area contributed by atoms with Crippen LogP contribution < -0.4 is 10.6 Å². The van der Waals surface area contributed by atoms with Crippen LogP contribution in [-0.2, 0) is 22.6 Å². The molecule has 1 aliphatic carbocycles. The number of para-hydroxylation sites is 1. The van der Waals surface area contributed by atoms with E-state index in [0.29, 0.717) is 25.7 Å². The van der Waals surface area contributed by atoms with E-state index in [9.17, 15) is 9.59 Å². The summed E-state index contributed by atoms with van der Waals surface area (Å²) in [5.41, 5.74) is 2.42. The quantitative estimate of drug-likeness (QED) is 0.571. The lowest BCUT2D eigenvalue weighted by Gasteiger charge is -2.36. The number of benzene rings is 1. The first kappa shape index (κ1) is 22.2. The number of aromatic nitrogens is 1. The number of nitrogens with zero attached hydrogens (tertiary/aromatic N) is 3. The van der Waals surface area contributed by atoms with Gasteiger partial charge in [0.1, 0.15) is 0 Å². The molecule has 1 aromatic carbocycles. The maximum atomic E-state index is 13.7. The molecule has 0 spiro atoms. The number of methoxy groups -OCH3 is 1. The Bertz CT molecular complexity index is 1000. The third-order valence-electron chi connectivity index (χ3n) is 7.24. The third kappa shape index (κ3) is 4.73. The Morgan fingerprint density at radius 3 is 2.85 bits per heavy atom. The number of fused-ring (bicyclic) bond motifs is 1. The number of rotatable bonds is 9. The van der Waals surface area contributed by atoms with Crippen molar-refractivity contribution in [1.29, 1.82) is 0 Å². The van der Waals surface area contributed by atoms with Crippen molar-refractivity contribution in [2.75, 3.05) is 39.9 Å². The lowest BCUT2D eigenvalue weighted by Crippen LogP contribution is -2.53. The highest BCUT2D eigenvalue weighted by molar-refractivity contribution is 5.85. The molecule has 8 heteroatoms. The summed E-state index contributed by atoms with van der Waals surface area (Å²) in [6.07, 6.45) is 6.08. The first-order chi connectivity index (χ1) is 16.2. The van der Waals surface area contributed by atoms with Crippen molar-refractivity contribution >= 4 is 22.8 Å². The molecule has 33 heavy (non-hydrogen) atoms. The zero-order valence-corrected chi connectivity index (χ0v) is 19.5. The summed E-state index contributed by atoms with van der Waals surface area (Å²) in [7, 11) is 1.74. The van der Waals surface area contributed by atoms with Crippen LogP contribution in [0.5, 0.6) is 0 Å². The molecule has 1 saturated carbocycles. The van der Waals surface area contributed by atoms with Crippen molar-refractivity contribution in [3.05, 3.63) is 36.0 Å². The monoisotopic (exact) mass is 453 g/mol. The molecule has 2 saturated heterocycles. The molecule has 3 amide bonds. The van der Waals surface area contributed by atoms with E-state index in [1.165, 1.54) is 16.5 Å². The fourth-order valence-corrected chi connectivity index (χ4v) is 5.38. The van der Waals surface area contributed by atoms with Gasteiger partial charge in [-0.2, -0.15) is 0 Å². The van der Waals surface area contributed by atoms with Crippen LogP contribution in [0.25, 0.3) is 10.9 Å². The van der Waals surface area contributed by atoms with Crippen molar-refractivity contribution in [3.63, 3.8) is 0 Å². The Labute approximate surface area is 195 Å². The molecular weight excluding hydrogens is 418 g/mol. The second-order valence-electron chi connectivity index (χ2n) is 9.58. The highest BCUT2D eigenvalue weighted by atomic mass is 16.5. The summed E-state index contributed by atoms with van der Waals surface area (Å²) in [5, 5.41) is 7.53. The van der Waals surface area contributed by atoms with Crippen molar-refractivity contribution in [2.24, 2.45) is 5.92 Å². The Morgan fingerprint density at radius 2 is 2.09 bits per heavy atom. The predicted octanol–water partition coefficient (Wildman–Crippen LogP) is 2.17. The van der Waals surface area contributed by atoms with Crippen molar-refractivity contribution in [3.8, 4) is 0 Å². The Hall–Kier alpha value is -2.58. The number of hydrogen-bond donors (Lipinski definition) is 2. The van der Waals surface area contributed by atoms with E-state index in [1.807, 2.05) is 4.90 Å². The van der Waals surface area contributed by atoms with E-state index >= 15 is 0 Å². The van der Waals surface area contributed by atoms with E-state index in [0.717, 1.165) is 51.9 Å². The van der Waals surface area contributed by atoms with Crippen LogP contribution in [0.3, 0.4) is 0 Å². The average molecular weight is 454 g/mol. The van der Waals surface area contributed by atoms with Crippen molar-refractivity contribution in [1.82, 2.24) is 25.0 Å². The number of urea groups is 1. The molecular formula is C25H35N5O3. The van der Waals surface area contributed by atoms with E-state index < -0.39 is 0 Å².